The molecule has 2 heterocycles. The van der Waals surface area contributed by atoms with Gasteiger partial charge in [-0.3, -0.25) is 0 Å². The summed E-state index contributed by atoms with van der Waals surface area (Å²) in [5.74, 6) is 0.835. The number of thiophene rings is 1. The van der Waals surface area contributed by atoms with E-state index in [1.165, 1.54) is 5.56 Å². The smallest absolute Gasteiger partial charge is 0.178 e. The molecular weight excluding hydrogens is 264 g/mol. The first-order chi connectivity index (χ1) is 8.78. The fourth-order valence-corrected chi connectivity index (χ4v) is 2.92. The van der Waals surface area contributed by atoms with Gasteiger partial charge in [0.1, 0.15) is 5.75 Å². The largest absolute Gasteiger partial charge is 0.497 e. The van der Waals surface area contributed by atoms with Crippen molar-refractivity contribution in [3.63, 3.8) is 0 Å². The van der Waals surface area contributed by atoms with Crippen molar-refractivity contribution in [1.82, 2.24) is 9.55 Å². The Morgan fingerprint density at radius 2 is 2.28 bits per heavy atom. The van der Waals surface area contributed by atoms with Crippen molar-refractivity contribution in [2.24, 2.45) is 0 Å². The zero-order chi connectivity index (χ0) is 12.5. The molecule has 1 aromatic carbocycles. The van der Waals surface area contributed by atoms with Gasteiger partial charge in [0, 0.05) is 6.07 Å². The van der Waals surface area contributed by atoms with E-state index in [4.69, 9.17) is 17.0 Å². The molecule has 3 aromatic rings. The summed E-state index contributed by atoms with van der Waals surface area (Å²) in [6.45, 7) is 0.800. The highest BCUT2D eigenvalue weighted by atomic mass is 32.1. The minimum Gasteiger partial charge on any atom is -0.497 e. The minimum absolute atomic E-state index is 0.740. The number of fused-ring (bicyclic) bond motifs is 1. The minimum atomic E-state index is 0.740. The van der Waals surface area contributed by atoms with Crippen LogP contribution < -0.4 is 4.74 Å². The number of imidazole rings is 1. The van der Waals surface area contributed by atoms with E-state index in [-0.39, 0.29) is 0 Å². The number of hydrogen-bond acceptors (Lipinski definition) is 3. The molecule has 0 aliphatic rings. The number of rotatable bonds is 3. The second kappa shape index (κ2) is 4.59. The Kier molecular flexibility index (Phi) is 2.93. The third kappa shape index (κ3) is 1.95. The molecule has 0 radical (unpaired) electrons. The van der Waals surface area contributed by atoms with Crippen LogP contribution in [0.25, 0.3) is 11.0 Å². The van der Waals surface area contributed by atoms with E-state index in [1.54, 1.807) is 18.4 Å². The molecule has 5 heteroatoms. The molecule has 1 N–H and O–H groups in total. The molecule has 0 fully saturated rings. The van der Waals surface area contributed by atoms with Crippen molar-refractivity contribution < 1.29 is 4.74 Å². The Labute approximate surface area is 114 Å². The molecule has 0 saturated carbocycles. The first-order valence-electron chi connectivity index (χ1n) is 5.55. The quantitative estimate of drug-likeness (QED) is 0.737. The molecule has 0 amide bonds. The SMILES string of the molecule is COc1ccc2c(c1)[nH]c(=S)n2Cc1ccsc1. The lowest BCUT2D eigenvalue weighted by Gasteiger charge is -2.03. The van der Waals surface area contributed by atoms with Crippen LogP contribution in [0.1, 0.15) is 5.56 Å². The first-order valence-corrected chi connectivity index (χ1v) is 6.90. The number of nitrogens with zero attached hydrogens (tertiary/aromatic N) is 1. The number of hydrogen-bond donors (Lipinski definition) is 1. The molecule has 3 rings (SSSR count). The van der Waals surface area contributed by atoms with Crippen molar-refractivity contribution in [1.29, 1.82) is 0 Å². The van der Waals surface area contributed by atoms with Crippen LogP contribution in [0, 0.1) is 4.77 Å². The monoisotopic (exact) mass is 276 g/mol. The molecule has 0 spiro atoms. The number of ether oxygens (including phenoxy) is 1. The number of methoxy groups -OCH3 is 1. The van der Waals surface area contributed by atoms with E-state index in [2.05, 4.69) is 26.4 Å². The summed E-state index contributed by atoms with van der Waals surface area (Å²) in [5.41, 5.74) is 3.38. The fraction of sp³-hybridized carbons (Fsp3) is 0.154. The van der Waals surface area contributed by atoms with E-state index >= 15 is 0 Å². The van der Waals surface area contributed by atoms with Gasteiger partial charge in [0.15, 0.2) is 4.77 Å². The van der Waals surface area contributed by atoms with E-state index in [0.29, 0.717) is 0 Å². The Morgan fingerprint density at radius 3 is 3.00 bits per heavy atom. The number of benzene rings is 1. The lowest BCUT2D eigenvalue weighted by molar-refractivity contribution is 0.415. The van der Waals surface area contributed by atoms with Gasteiger partial charge in [-0.25, -0.2) is 0 Å². The zero-order valence-corrected chi connectivity index (χ0v) is 11.5. The van der Waals surface area contributed by atoms with Crippen molar-refractivity contribution in [3.8, 4) is 5.75 Å². The summed E-state index contributed by atoms with van der Waals surface area (Å²) < 4.78 is 8.06. The first kappa shape index (κ1) is 11.5. The summed E-state index contributed by atoms with van der Waals surface area (Å²) in [4.78, 5) is 3.22. The van der Waals surface area contributed by atoms with Crippen molar-refractivity contribution in [2.75, 3.05) is 7.11 Å². The maximum absolute atomic E-state index is 5.38. The van der Waals surface area contributed by atoms with Crippen LogP contribution in [0.15, 0.2) is 35.0 Å². The Hall–Kier alpha value is -1.59. The molecule has 0 unspecified atom stereocenters. The van der Waals surface area contributed by atoms with Gasteiger partial charge < -0.3 is 14.3 Å². The molecule has 0 aliphatic carbocycles. The topological polar surface area (TPSA) is 29.9 Å². The van der Waals surface area contributed by atoms with Crippen LogP contribution in [0.3, 0.4) is 0 Å². The van der Waals surface area contributed by atoms with Crippen LogP contribution >= 0.6 is 23.6 Å². The Morgan fingerprint density at radius 1 is 1.39 bits per heavy atom. The third-order valence-corrected chi connectivity index (χ3v) is 3.96. The van der Waals surface area contributed by atoms with Crippen LogP contribution in [-0.4, -0.2) is 16.7 Å². The summed E-state index contributed by atoms with van der Waals surface area (Å²) >= 11 is 7.08. The van der Waals surface area contributed by atoms with Crippen molar-refractivity contribution in [3.05, 3.63) is 45.4 Å². The Balaban J connectivity index is 2.11. The second-order valence-electron chi connectivity index (χ2n) is 4.03. The van der Waals surface area contributed by atoms with Crippen molar-refractivity contribution in [2.45, 2.75) is 6.54 Å². The Bertz CT molecular complexity index is 725. The van der Waals surface area contributed by atoms with Crippen LogP contribution in [-0.2, 0) is 6.54 Å². The van der Waals surface area contributed by atoms with Gasteiger partial charge in [0.2, 0.25) is 0 Å². The number of H-pyrrole nitrogens is 1. The highest BCUT2D eigenvalue weighted by molar-refractivity contribution is 7.71. The lowest BCUT2D eigenvalue weighted by Crippen LogP contribution is -1.98. The maximum Gasteiger partial charge on any atom is 0.178 e. The molecule has 18 heavy (non-hydrogen) atoms. The molecule has 0 saturated heterocycles. The van der Waals surface area contributed by atoms with E-state index in [9.17, 15) is 0 Å². The van der Waals surface area contributed by atoms with Gasteiger partial charge in [0.25, 0.3) is 0 Å². The molecule has 0 atom stereocenters. The summed E-state index contributed by atoms with van der Waals surface area (Å²) in [6.07, 6.45) is 0. The normalized spacial score (nSPS) is 10.9. The lowest BCUT2D eigenvalue weighted by atomic mass is 10.3. The van der Waals surface area contributed by atoms with E-state index in [0.717, 1.165) is 28.1 Å². The van der Waals surface area contributed by atoms with Crippen LogP contribution in [0.5, 0.6) is 5.75 Å². The number of nitrogens with one attached hydrogen (secondary N) is 1. The molecule has 92 valence electrons. The standard InChI is InChI=1S/C13H12N2OS2/c1-16-10-2-3-12-11(6-10)14-13(17)15(12)7-9-4-5-18-8-9/h2-6,8H,7H2,1H3,(H,14,17). The third-order valence-electron chi connectivity index (χ3n) is 2.90. The fourth-order valence-electron chi connectivity index (χ4n) is 1.99. The summed E-state index contributed by atoms with van der Waals surface area (Å²) in [7, 11) is 1.66. The van der Waals surface area contributed by atoms with Gasteiger partial charge in [-0.2, -0.15) is 11.3 Å². The summed E-state index contributed by atoms with van der Waals surface area (Å²) in [6, 6.07) is 8.08. The molecular formula is C13H12N2OS2. The van der Waals surface area contributed by atoms with Gasteiger partial charge in [-0.1, -0.05) is 0 Å². The molecule has 0 aliphatic heterocycles. The number of aromatic nitrogens is 2. The van der Waals surface area contributed by atoms with Crippen molar-refractivity contribution >= 4 is 34.6 Å². The highest BCUT2D eigenvalue weighted by Crippen LogP contribution is 2.21. The number of aromatic amines is 1. The van der Waals surface area contributed by atoms with Gasteiger partial charge in [0.05, 0.1) is 24.7 Å². The molecule has 3 nitrogen and oxygen atoms in total. The van der Waals surface area contributed by atoms with Gasteiger partial charge in [-0.15, -0.1) is 0 Å². The predicted molar refractivity (Wildman–Crippen MR) is 77.1 cm³/mol. The van der Waals surface area contributed by atoms with E-state index in [1.807, 2.05) is 18.2 Å². The van der Waals surface area contributed by atoms with Crippen LogP contribution in [0.4, 0.5) is 0 Å². The highest BCUT2D eigenvalue weighted by Gasteiger charge is 2.06. The average molecular weight is 276 g/mol. The van der Waals surface area contributed by atoms with Gasteiger partial charge >= 0.3 is 0 Å². The van der Waals surface area contributed by atoms with Gasteiger partial charge in [-0.05, 0) is 46.7 Å². The van der Waals surface area contributed by atoms with E-state index < -0.39 is 0 Å². The van der Waals surface area contributed by atoms with Crippen LogP contribution in [0.2, 0.25) is 0 Å². The maximum atomic E-state index is 5.38. The average Bonchev–Trinajstić information content (AvgIpc) is 2.98. The molecule has 0 bridgehead atoms. The second-order valence-corrected chi connectivity index (χ2v) is 5.20. The zero-order valence-electron chi connectivity index (χ0n) is 9.84. The predicted octanol–water partition coefficient (Wildman–Crippen LogP) is 3.82. The summed E-state index contributed by atoms with van der Waals surface area (Å²) in [5, 5.41) is 4.22. The molecule has 2 aromatic heterocycles.